The highest BCUT2D eigenvalue weighted by Crippen LogP contribution is 2.03. The summed E-state index contributed by atoms with van der Waals surface area (Å²) in [5.41, 5.74) is 5.31. The molecule has 0 aromatic carbocycles. The molecule has 1 aromatic rings. The first kappa shape index (κ1) is 11.9. The fourth-order valence-corrected chi connectivity index (χ4v) is 0.882. The molecule has 0 aliphatic heterocycles. The third-order valence-corrected chi connectivity index (χ3v) is 1.60. The minimum atomic E-state index is 0.249. The highest BCUT2D eigenvalue weighted by molar-refractivity contribution is 5.16. The molecule has 0 saturated heterocycles. The van der Waals surface area contributed by atoms with Gasteiger partial charge in [0.1, 0.15) is 0 Å². The van der Waals surface area contributed by atoms with Gasteiger partial charge >= 0.3 is 6.01 Å². The highest BCUT2D eigenvalue weighted by atomic mass is 16.5. The minimum Gasteiger partial charge on any atom is -0.407 e. The van der Waals surface area contributed by atoms with Crippen LogP contribution >= 0.6 is 0 Å². The van der Waals surface area contributed by atoms with Gasteiger partial charge in [0.2, 0.25) is 5.89 Å². The van der Waals surface area contributed by atoms with Crippen molar-refractivity contribution >= 4 is 6.01 Å². The molecule has 7 nitrogen and oxygen atoms in total. The number of hydrogen-bond donors (Lipinski definition) is 2. The molecule has 15 heavy (non-hydrogen) atoms. The maximum atomic E-state index is 5.31. The molecule has 7 heteroatoms. The van der Waals surface area contributed by atoms with E-state index in [1.807, 2.05) is 0 Å². The van der Waals surface area contributed by atoms with Crippen LogP contribution < -0.4 is 11.1 Å². The Hall–Kier alpha value is -1.18. The molecule has 0 unspecified atom stereocenters. The van der Waals surface area contributed by atoms with Gasteiger partial charge in [-0.2, -0.15) is 0 Å². The van der Waals surface area contributed by atoms with Gasteiger partial charge in [-0.25, -0.2) is 0 Å². The molecule has 0 amide bonds. The summed E-state index contributed by atoms with van der Waals surface area (Å²) in [5.74, 6) is 0.415. The number of hydrogen-bond acceptors (Lipinski definition) is 7. The Balaban J connectivity index is 2.04. The van der Waals surface area contributed by atoms with Crippen molar-refractivity contribution in [1.82, 2.24) is 10.2 Å². The summed E-state index contributed by atoms with van der Waals surface area (Å²) in [6, 6.07) is 0.366. The van der Waals surface area contributed by atoms with E-state index in [-0.39, 0.29) is 6.54 Å². The van der Waals surface area contributed by atoms with Crippen molar-refractivity contribution < 1.29 is 13.9 Å². The molecule has 1 heterocycles. The van der Waals surface area contributed by atoms with Crippen LogP contribution in [-0.4, -0.2) is 43.7 Å². The lowest BCUT2D eigenvalue weighted by Crippen LogP contribution is -2.12. The van der Waals surface area contributed by atoms with Gasteiger partial charge in [-0.05, 0) is 0 Å². The van der Waals surface area contributed by atoms with Gasteiger partial charge < -0.3 is 24.9 Å². The molecular weight excluding hydrogens is 200 g/mol. The van der Waals surface area contributed by atoms with E-state index in [1.165, 1.54) is 0 Å². The lowest BCUT2D eigenvalue weighted by molar-refractivity contribution is 0.0757. The van der Waals surface area contributed by atoms with Crippen molar-refractivity contribution in [2.75, 3.05) is 38.8 Å². The number of nitrogens with one attached hydrogen (secondary N) is 1. The Morgan fingerprint density at radius 2 is 2.20 bits per heavy atom. The maximum Gasteiger partial charge on any atom is 0.315 e. The fourth-order valence-electron chi connectivity index (χ4n) is 0.882. The third kappa shape index (κ3) is 4.73. The fraction of sp³-hybridized carbons (Fsp3) is 0.750. The first-order chi connectivity index (χ1) is 7.36. The standard InChI is InChI=1S/C8H16N4O3/c1-13-4-5-14-3-2-10-8-12-11-7(6-9)15-8/h2-6,9H2,1H3,(H,10,12). The first-order valence-electron chi connectivity index (χ1n) is 4.70. The smallest absolute Gasteiger partial charge is 0.315 e. The molecule has 0 saturated carbocycles. The lowest BCUT2D eigenvalue weighted by atomic mass is 10.6. The molecule has 0 spiro atoms. The van der Waals surface area contributed by atoms with E-state index in [0.717, 1.165) is 0 Å². The van der Waals surface area contributed by atoms with Gasteiger partial charge in [-0.15, -0.1) is 5.10 Å². The number of anilines is 1. The van der Waals surface area contributed by atoms with Crippen LogP contribution in [0.15, 0.2) is 4.42 Å². The molecule has 0 fully saturated rings. The molecule has 0 aliphatic carbocycles. The second-order valence-electron chi connectivity index (χ2n) is 2.74. The Bertz CT molecular complexity index is 266. The summed E-state index contributed by atoms with van der Waals surface area (Å²) < 4.78 is 15.2. The largest absolute Gasteiger partial charge is 0.407 e. The second-order valence-corrected chi connectivity index (χ2v) is 2.74. The van der Waals surface area contributed by atoms with Crippen molar-refractivity contribution in [3.63, 3.8) is 0 Å². The van der Waals surface area contributed by atoms with E-state index in [9.17, 15) is 0 Å². The Morgan fingerprint density at radius 3 is 2.87 bits per heavy atom. The van der Waals surface area contributed by atoms with E-state index in [0.29, 0.717) is 38.3 Å². The topological polar surface area (TPSA) is 95.4 Å². The quantitative estimate of drug-likeness (QED) is 0.571. The van der Waals surface area contributed by atoms with Gasteiger partial charge in [0.05, 0.1) is 26.4 Å². The van der Waals surface area contributed by atoms with Crippen LogP contribution in [0.3, 0.4) is 0 Å². The Labute approximate surface area is 87.9 Å². The van der Waals surface area contributed by atoms with Gasteiger partial charge in [0.25, 0.3) is 0 Å². The van der Waals surface area contributed by atoms with Crippen LogP contribution in [0.1, 0.15) is 5.89 Å². The summed E-state index contributed by atoms with van der Waals surface area (Å²) >= 11 is 0. The highest BCUT2D eigenvalue weighted by Gasteiger charge is 2.02. The molecule has 0 radical (unpaired) electrons. The maximum absolute atomic E-state index is 5.31. The zero-order valence-corrected chi connectivity index (χ0v) is 8.73. The van der Waals surface area contributed by atoms with Gasteiger partial charge in [0, 0.05) is 13.7 Å². The van der Waals surface area contributed by atoms with Crippen LogP contribution in [-0.2, 0) is 16.0 Å². The molecular formula is C8H16N4O3. The molecule has 0 aliphatic rings. The van der Waals surface area contributed by atoms with Crippen LogP contribution in [0.4, 0.5) is 6.01 Å². The van der Waals surface area contributed by atoms with E-state index in [1.54, 1.807) is 7.11 Å². The predicted octanol–water partition coefficient (Wildman–Crippen LogP) is -0.397. The van der Waals surface area contributed by atoms with E-state index < -0.39 is 0 Å². The second kappa shape index (κ2) is 7.16. The third-order valence-electron chi connectivity index (χ3n) is 1.60. The molecule has 0 bridgehead atoms. The number of aromatic nitrogens is 2. The Kier molecular flexibility index (Phi) is 5.67. The normalized spacial score (nSPS) is 10.5. The lowest BCUT2D eigenvalue weighted by Gasteiger charge is -2.02. The van der Waals surface area contributed by atoms with Gasteiger partial charge in [-0.3, -0.25) is 0 Å². The number of rotatable bonds is 8. The molecule has 1 rings (SSSR count). The average Bonchev–Trinajstić information content (AvgIpc) is 2.71. The van der Waals surface area contributed by atoms with E-state index >= 15 is 0 Å². The molecule has 0 atom stereocenters. The molecule has 1 aromatic heterocycles. The Morgan fingerprint density at radius 1 is 1.33 bits per heavy atom. The monoisotopic (exact) mass is 216 g/mol. The minimum absolute atomic E-state index is 0.249. The van der Waals surface area contributed by atoms with E-state index in [4.69, 9.17) is 19.6 Å². The zero-order chi connectivity index (χ0) is 10.9. The van der Waals surface area contributed by atoms with Crippen molar-refractivity contribution in [3.8, 4) is 0 Å². The first-order valence-corrected chi connectivity index (χ1v) is 4.70. The van der Waals surface area contributed by atoms with Crippen molar-refractivity contribution in [2.24, 2.45) is 5.73 Å². The summed E-state index contributed by atoms with van der Waals surface area (Å²) in [6.45, 7) is 2.59. The van der Waals surface area contributed by atoms with Gasteiger partial charge in [-0.1, -0.05) is 5.10 Å². The zero-order valence-electron chi connectivity index (χ0n) is 8.73. The van der Waals surface area contributed by atoms with Crippen molar-refractivity contribution in [2.45, 2.75) is 6.54 Å². The average molecular weight is 216 g/mol. The molecule has 86 valence electrons. The predicted molar refractivity (Wildman–Crippen MR) is 53.4 cm³/mol. The summed E-state index contributed by atoms with van der Waals surface area (Å²) in [6.07, 6.45) is 0. The number of ether oxygens (including phenoxy) is 2. The number of nitrogens with zero attached hydrogens (tertiary/aromatic N) is 2. The van der Waals surface area contributed by atoms with Gasteiger partial charge in [0.15, 0.2) is 0 Å². The SMILES string of the molecule is COCCOCCNc1nnc(CN)o1. The van der Waals surface area contributed by atoms with Crippen LogP contribution in [0.25, 0.3) is 0 Å². The molecule has 3 N–H and O–H groups in total. The summed E-state index contributed by atoms with van der Waals surface area (Å²) in [4.78, 5) is 0. The number of nitrogens with two attached hydrogens (primary N) is 1. The van der Waals surface area contributed by atoms with Crippen LogP contribution in [0.5, 0.6) is 0 Å². The van der Waals surface area contributed by atoms with Crippen molar-refractivity contribution in [1.29, 1.82) is 0 Å². The van der Waals surface area contributed by atoms with Crippen LogP contribution in [0.2, 0.25) is 0 Å². The van der Waals surface area contributed by atoms with Crippen molar-refractivity contribution in [3.05, 3.63) is 5.89 Å². The summed E-state index contributed by atoms with van der Waals surface area (Å²) in [5, 5.41) is 10.3. The summed E-state index contributed by atoms with van der Waals surface area (Å²) in [7, 11) is 1.63. The van der Waals surface area contributed by atoms with E-state index in [2.05, 4.69) is 15.5 Å². The van der Waals surface area contributed by atoms with Crippen LogP contribution in [0, 0.1) is 0 Å². The number of methoxy groups -OCH3 is 1.